The summed E-state index contributed by atoms with van der Waals surface area (Å²) in [6, 6.07) is 0. The first kappa shape index (κ1) is 10.5. The van der Waals surface area contributed by atoms with Gasteiger partial charge in [-0.1, -0.05) is 49.2 Å². The van der Waals surface area contributed by atoms with Gasteiger partial charge in [-0.25, -0.2) is 0 Å². The van der Waals surface area contributed by atoms with Gasteiger partial charge in [0.25, 0.3) is 0 Å². The predicted molar refractivity (Wildman–Crippen MR) is 47.7 cm³/mol. The lowest BCUT2D eigenvalue weighted by molar-refractivity contribution is 0.337. The fourth-order valence-electron chi connectivity index (χ4n) is 0.242. The molecule has 0 aliphatic rings. The Morgan fingerprint density at radius 2 is 1.89 bits per heavy atom. The van der Waals surface area contributed by atoms with E-state index in [-0.39, 0.29) is 0 Å². The first-order valence-corrected chi connectivity index (χ1v) is 8.39. The van der Waals surface area contributed by atoms with Crippen molar-refractivity contribution in [2.24, 2.45) is 0 Å². The molecular formula is C3H6BrCl3OSi. The number of rotatable bonds is 4. The minimum atomic E-state index is -2.80. The molecule has 0 saturated heterocycles. The molecule has 0 spiro atoms. The van der Waals surface area contributed by atoms with Crippen LogP contribution in [-0.4, -0.2) is 18.2 Å². The largest absolute Gasteiger partial charge is 0.493 e. The van der Waals surface area contributed by atoms with Crippen molar-refractivity contribution in [3.05, 3.63) is 0 Å². The topological polar surface area (TPSA) is 9.23 Å². The van der Waals surface area contributed by atoms with E-state index in [0.29, 0.717) is 6.61 Å². The zero-order valence-electron chi connectivity index (χ0n) is 4.54. The molecular weight excluding hydrogens is 266 g/mol. The van der Waals surface area contributed by atoms with Crippen LogP contribution in [0, 0.1) is 0 Å². The van der Waals surface area contributed by atoms with E-state index in [2.05, 4.69) is 15.9 Å². The molecule has 0 saturated carbocycles. The Bertz CT molecular complexity index is 75.9. The third-order valence-corrected chi connectivity index (χ3v) is 2.62. The van der Waals surface area contributed by atoms with E-state index in [9.17, 15) is 0 Å². The first-order chi connectivity index (χ1) is 4.06. The van der Waals surface area contributed by atoms with Crippen LogP contribution in [0.1, 0.15) is 6.42 Å². The summed E-state index contributed by atoms with van der Waals surface area (Å²) < 4.78 is 4.87. The zero-order chi connectivity index (χ0) is 7.33. The van der Waals surface area contributed by atoms with Crippen LogP contribution in [0.15, 0.2) is 0 Å². The number of alkyl halides is 1. The fraction of sp³-hybridized carbons (Fsp3) is 1.00. The van der Waals surface area contributed by atoms with Crippen molar-refractivity contribution in [1.29, 1.82) is 0 Å². The number of hydrogen-bond acceptors (Lipinski definition) is 1. The van der Waals surface area contributed by atoms with Crippen LogP contribution in [0.2, 0.25) is 0 Å². The Balaban J connectivity index is 3.07. The maximum atomic E-state index is 5.40. The average molecular weight is 272 g/mol. The zero-order valence-corrected chi connectivity index (χ0v) is 9.40. The molecule has 0 radical (unpaired) electrons. The molecule has 0 amide bonds. The van der Waals surface area contributed by atoms with Gasteiger partial charge >= 0.3 is 6.25 Å². The van der Waals surface area contributed by atoms with E-state index in [1.165, 1.54) is 0 Å². The molecule has 0 aromatic carbocycles. The summed E-state index contributed by atoms with van der Waals surface area (Å²) in [7, 11) is 0. The first-order valence-electron chi connectivity index (χ1n) is 2.33. The van der Waals surface area contributed by atoms with Crippen molar-refractivity contribution < 1.29 is 4.43 Å². The second-order valence-electron chi connectivity index (χ2n) is 1.34. The molecule has 6 heteroatoms. The van der Waals surface area contributed by atoms with Gasteiger partial charge < -0.3 is 4.43 Å². The molecule has 0 aromatic rings. The van der Waals surface area contributed by atoms with Crippen molar-refractivity contribution in [2.75, 3.05) is 11.9 Å². The summed E-state index contributed by atoms with van der Waals surface area (Å²) in [5.74, 6) is 0. The molecule has 56 valence electrons. The third kappa shape index (κ3) is 9.53. The van der Waals surface area contributed by atoms with Gasteiger partial charge in [0, 0.05) is 11.9 Å². The van der Waals surface area contributed by atoms with E-state index in [4.69, 9.17) is 37.7 Å². The maximum Gasteiger partial charge on any atom is 0.493 e. The van der Waals surface area contributed by atoms with Crippen LogP contribution < -0.4 is 0 Å². The normalized spacial score (nSPS) is 12.0. The minimum Gasteiger partial charge on any atom is -0.381 e. The Morgan fingerprint density at radius 1 is 1.33 bits per heavy atom. The lowest BCUT2D eigenvalue weighted by Gasteiger charge is -2.06. The van der Waals surface area contributed by atoms with Gasteiger partial charge in [-0.3, -0.25) is 0 Å². The highest BCUT2D eigenvalue weighted by Crippen LogP contribution is 2.20. The highest BCUT2D eigenvalue weighted by molar-refractivity contribution is 9.09. The molecule has 0 unspecified atom stereocenters. The SMILES string of the molecule is Cl[Si](Cl)(Cl)OCCCBr. The van der Waals surface area contributed by atoms with Crippen molar-refractivity contribution in [3.63, 3.8) is 0 Å². The Kier molecular flexibility index (Phi) is 6.10. The molecule has 0 N–H and O–H groups in total. The third-order valence-electron chi connectivity index (χ3n) is 0.544. The van der Waals surface area contributed by atoms with Gasteiger partial charge in [-0.2, -0.15) is 0 Å². The molecule has 0 bridgehead atoms. The van der Waals surface area contributed by atoms with Crippen LogP contribution in [0.4, 0.5) is 0 Å². The van der Waals surface area contributed by atoms with E-state index in [1.807, 2.05) is 0 Å². The average Bonchev–Trinajstić information content (AvgIpc) is 1.63. The second kappa shape index (κ2) is 5.21. The highest BCUT2D eigenvalue weighted by Gasteiger charge is 2.26. The van der Waals surface area contributed by atoms with Crippen LogP contribution in [0.5, 0.6) is 0 Å². The maximum absolute atomic E-state index is 5.40. The Labute approximate surface area is 78.0 Å². The minimum absolute atomic E-state index is 0.522. The number of hydrogen-bond donors (Lipinski definition) is 0. The van der Waals surface area contributed by atoms with Gasteiger partial charge in [0.1, 0.15) is 0 Å². The van der Waals surface area contributed by atoms with E-state index in [1.54, 1.807) is 0 Å². The van der Waals surface area contributed by atoms with Gasteiger partial charge in [0.2, 0.25) is 0 Å². The van der Waals surface area contributed by atoms with Gasteiger partial charge in [-0.05, 0) is 6.42 Å². The lowest BCUT2D eigenvalue weighted by atomic mass is 10.5. The summed E-state index contributed by atoms with van der Waals surface area (Å²) in [5, 5.41) is 0.877. The van der Waals surface area contributed by atoms with Gasteiger partial charge in [0.05, 0.1) is 0 Å². The molecule has 0 heterocycles. The van der Waals surface area contributed by atoms with Crippen molar-refractivity contribution >= 4 is 55.4 Å². The monoisotopic (exact) mass is 270 g/mol. The van der Waals surface area contributed by atoms with Gasteiger partial charge in [0.15, 0.2) is 0 Å². The quantitative estimate of drug-likeness (QED) is 0.331. The second-order valence-corrected chi connectivity index (χ2v) is 9.84. The van der Waals surface area contributed by atoms with E-state index < -0.39 is 6.25 Å². The van der Waals surface area contributed by atoms with Gasteiger partial charge in [-0.15, -0.1) is 0 Å². The summed E-state index contributed by atoms with van der Waals surface area (Å²) in [6.07, 6.45) is -1.92. The molecule has 0 fully saturated rings. The molecule has 0 aliphatic heterocycles. The Morgan fingerprint density at radius 3 is 2.22 bits per heavy atom. The molecule has 0 aliphatic carbocycles. The van der Waals surface area contributed by atoms with Crippen molar-refractivity contribution in [2.45, 2.75) is 6.42 Å². The smallest absolute Gasteiger partial charge is 0.381 e. The summed E-state index contributed by atoms with van der Waals surface area (Å²) in [6.45, 7) is 0.522. The number of halogens is 4. The van der Waals surface area contributed by atoms with E-state index >= 15 is 0 Å². The van der Waals surface area contributed by atoms with Crippen LogP contribution >= 0.6 is 49.2 Å². The summed E-state index contributed by atoms with van der Waals surface area (Å²) >= 11 is 19.4. The molecule has 1 nitrogen and oxygen atoms in total. The standard InChI is InChI=1S/C3H6BrCl3OSi/c4-2-1-3-8-9(5,6)7/h1-3H2. The van der Waals surface area contributed by atoms with Crippen LogP contribution in [0.3, 0.4) is 0 Å². The fourth-order valence-corrected chi connectivity index (χ4v) is 1.54. The molecule has 0 atom stereocenters. The lowest BCUT2D eigenvalue weighted by Crippen LogP contribution is -2.16. The van der Waals surface area contributed by atoms with Crippen LogP contribution in [-0.2, 0) is 4.43 Å². The predicted octanol–water partition coefficient (Wildman–Crippen LogP) is 2.94. The molecule has 0 aromatic heterocycles. The van der Waals surface area contributed by atoms with Crippen LogP contribution in [0.25, 0.3) is 0 Å². The molecule has 0 rings (SSSR count). The van der Waals surface area contributed by atoms with Crippen molar-refractivity contribution in [3.8, 4) is 0 Å². The highest BCUT2D eigenvalue weighted by atomic mass is 79.9. The summed E-state index contributed by atoms with van der Waals surface area (Å²) in [4.78, 5) is 0. The Hall–Kier alpha value is 1.53. The summed E-state index contributed by atoms with van der Waals surface area (Å²) in [5.41, 5.74) is 0. The molecule has 9 heavy (non-hydrogen) atoms. The van der Waals surface area contributed by atoms with Crippen molar-refractivity contribution in [1.82, 2.24) is 0 Å². The van der Waals surface area contributed by atoms with E-state index in [0.717, 1.165) is 11.8 Å².